The van der Waals surface area contributed by atoms with Gasteiger partial charge in [-0.2, -0.15) is 0 Å². The first-order chi connectivity index (χ1) is 11.3. The van der Waals surface area contributed by atoms with Crippen LogP contribution in [0, 0.1) is 0 Å². The van der Waals surface area contributed by atoms with Crippen molar-refractivity contribution in [2.75, 3.05) is 0 Å². The van der Waals surface area contributed by atoms with Crippen LogP contribution in [0.2, 0.25) is 0 Å². The second-order valence-electron chi connectivity index (χ2n) is 5.48. The van der Waals surface area contributed by atoms with E-state index in [1.807, 2.05) is 48.7 Å². The molecule has 0 bridgehead atoms. The third-order valence-electron chi connectivity index (χ3n) is 4.17. The van der Waals surface area contributed by atoms with Crippen molar-refractivity contribution in [2.45, 2.75) is 0 Å². The van der Waals surface area contributed by atoms with Crippen molar-refractivity contribution in [3.05, 3.63) is 71.5 Å². The van der Waals surface area contributed by atoms with E-state index < -0.39 is 0 Å². The molecule has 3 heterocycles. The third-order valence-corrected chi connectivity index (χ3v) is 4.56. The number of nitrogens with zero attached hydrogens (tertiary/aromatic N) is 2. The van der Waals surface area contributed by atoms with Gasteiger partial charge in [0.25, 0.3) is 0 Å². The molecule has 23 heavy (non-hydrogen) atoms. The van der Waals surface area contributed by atoms with Crippen LogP contribution in [0.1, 0.15) is 0 Å². The summed E-state index contributed by atoms with van der Waals surface area (Å²) < 4.78 is 8.79. The highest BCUT2D eigenvalue weighted by Gasteiger charge is 2.18. The molecule has 0 unspecified atom stereocenters. The van der Waals surface area contributed by atoms with E-state index in [1.165, 1.54) is 5.39 Å². The highest BCUT2D eigenvalue weighted by Crippen LogP contribution is 2.38. The third kappa shape index (κ3) is 1.79. The maximum Gasteiger partial charge on any atom is 0.214 e. The van der Waals surface area contributed by atoms with Gasteiger partial charge in [-0.1, -0.05) is 36.4 Å². The smallest absolute Gasteiger partial charge is 0.214 e. The number of hydrogen-bond acceptors (Lipinski definition) is 2. The number of hydrogen-bond donors (Lipinski definition) is 0. The lowest BCUT2D eigenvalue weighted by molar-refractivity contribution is 0.569. The van der Waals surface area contributed by atoms with Crippen LogP contribution in [0.25, 0.3) is 38.6 Å². The molecule has 2 aromatic carbocycles. The Bertz CT molecular complexity index is 1170. The van der Waals surface area contributed by atoms with Gasteiger partial charge in [0.1, 0.15) is 0 Å². The summed E-state index contributed by atoms with van der Waals surface area (Å²) in [5.74, 6) is 0. The predicted octanol–water partition coefficient (Wildman–Crippen LogP) is 5.69. The van der Waals surface area contributed by atoms with Gasteiger partial charge in [0.15, 0.2) is 4.67 Å². The summed E-state index contributed by atoms with van der Waals surface area (Å²) in [6.45, 7) is 0. The van der Waals surface area contributed by atoms with Gasteiger partial charge in [-0.05, 0) is 34.1 Å². The van der Waals surface area contributed by atoms with Gasteiger partial charge in [0.05, 0.1) is 22.6 Å². The highest BCUT2D eigenvalue weighted by atomic mass is 79.9. The molecular weight excluding hydrogens is 352 g/mol. The van der Waals surface area contributed by atoms with Crippen LogP contribution in [0.3, 0.4) is 0 Å². The molecule has 0 N–H and O–H groups in total. The summed E-state index contributed by atoms with van der Waals surface area (Å²) in [7, 11) is 0. The van der Waals surface area contributed by atoms with Crippen molar-refractivity contribution in [1.29, 1.82) is 0 Å². The van der Waals surface area contributed by atoms with Crippen LogP contribution in [0.5, 0.6) is 0 Å². The molecule has 0 radical (unpaired) electrons. The SMILES string of the molecule is Brc1cc2c3c4ccccc4ncc3n(-c3ccccc3)c2o1. The lowest BCUT2D eigenvalue weighted by atomic mass is 10.1. The number of rotatable bonds is 1. The number of fused-ring (bicyclic) bond motifs is 5. The van der Waals surface area contributed by atoms with Gasteiger partial charge < -0.3 is 4.42 Å². The Morgan fingerprint density at radius 2 is 1.70 bits per heavy atom. The Morgan fingerprint density at radius 1 is 0.913 bits per heavy atom. The summed E-state index contributed by atoms with van der Waals surface area (Å²) in [5, 5.41) is 3.40. The van der Waals surface area contributed by atoms with Crippen molar-refractivity contribution >= 4 is 48.8 Å². The van der Waals surface area contributed by atoms with Crippen LogP contribution in [0.4, 0.5) is 0 Å². The monoisotopic (exact) mass is 362 g/mol. The van der Waals surface area contributed by atoms with E-state index in [0.29, 0.717) is 0 Å². The molecule has 0 fully saturated rings. The largest absolute Gasteiger partial charge is 0.432 e. The first-order valence-corrected chi connectivity index (χ1v) is 8.15. The molecule has 5 rings (SSSR count). The molecule has 4 heteroatoms. The van der Waals surface area contributed by atoms with Crippen molar-refractivity contribution in [3.8, 4) is 5.69 Å². The average molecular weight is 363 g/mol. The Balaban J connectivity index is 2.06. The summed E-state index contributed by atoms with van der Waals surface area (Å²) in [6.07, 6.45) is 1.92. The minimum Gasteiger partial charge on any atom is -0.432 e. The number of pyridine rings is 1. The van der Waals surface area contributed by atoms with Crippen molar-refractivity contribution in [2.24, 2.45) is 0 Å². The van der Waals surface area contributed by atoms with Gasteiger partial charge in [0, 0.05) is 22.5 Å². The van der Waals surface area contributed by atoms with Crippen molar-refractivity contribution in [1.82, 2.24) is 9.55 Å². The maximum absolute atomic E-state index is 5.94. The van der Waals surface area contributed by atoms with E-state index in [4.69, 9.17) is 4.42 Å². The Hall–Kier alpha value is -2.59. The molecule has 3 nitrogen and oxygen atoms in total. The molecule has 3 aromatic heterocycles. The van der Waals surface area contributed by atoms with E-state index in [0.717, 1.165) is 37.9 Å². The number of para-hydroxylation sites is 2. The second kappa shape index (κ2) is 4.70. The Kier molecular flexibility index (Phi) is 2.64. The maximum atomic E-state index is 5.94. The fourth-order valence-electron chi connectivity index (χ4n) is 3.22. The zero-order chi connectivity index (χ0) is 15.4. The van der Waals surface area contributed by atoms with E-state index in [1.54, 1.807) is 0 Å². The quantitative estimate of drug-likeness (QED) is 0.383. The molecule has 0 saturated carbocycles. The summed E-state index contributed by atoms with van der Waals surface area (Å²) in [6, 6.07) is 20.5. The molecule has 0 atom stereocenters. The number of aromatic nitrogens is 2. The molecule has 5 aromatic rings. The lowest BCUT2D eigenvalue weighted by Crippen LogP contribution is -1.93. The molecule has 0 aliphatic carbocycles. The van der Waals surface area contributed by atoms with Gasteiger partial charge in [-0.15, -0.1) is 0 Å². The molecule has 0 amide bonds. The molecule has 0 spiro atoms. The molecule has 0 aliphatic rings. The second-order valence-corrected chi connectivity index (χ2v) is 6.26. The average Bonchev–Trinajstić information content (AvgIpc) is 3.10. The first kappa shape index (κ1) is 12.9. The summed E-state index contributed by atoms with van der Waals surface area (Å²) in [5.41, 5.74) is 3.93. The standard InChI is InChI=1S/C19H11BrN2O/c20-17-10-14-18-13-8-4-5-9-15(13)21-11-16(18)22(19(14)23-17)12-6-2-1-3-7-12/h1-11H. The van der Waals surface area contributed by atoms with Gasteiger partial charge >= 0.3 is 0 Å². The predicted molar refractivity (Wildman–Crippen MR) is 96.0 cm³/mol. The topological polar surface area (TPSA) is 31.0 Å². The van der Waals surface area contributed by atoms with Crippen LogP contribution >= 0.6 is 15.9 Å². The van der Waals surface area contributed by atoms with Crippen LogP contribution in [-0.4, -0.2) is 9.55 Å². The van der Waals surface area contributed by atoms with Crippen LogP contribution in [0.15, 0.2) is 75.9 Å². The summed E-state index contributed by atoms with van der Waals surface area (Å²) >= 11 is 3.46. The van der Waals surface area contributed by atoms with Crippen LogP contribution in [-0.2, 0) is 0 Å². The number of halogens is 1. The fraction of sp³-hybridized carbons (Fsp3) is 0. The number of benzene rings is 2. The Morgan fingerprint density at radius 3 is 2.57 bits per heavy atom. The normalized spacial score (nSPS) is 11.7. The minimum atomic E-state index is 0.731. The number of furan rings is 1. The Labute approximate surface area is 140 Å². The van der Waals surface area contributed by atoms with Gasteiger partial charge in [-0.3, -0.25) is 9.55 Å². The van der Waals surface area contributed by atoms with Crippen molar-refractivity contribution in [3.63, 3.8) is 0 Å². The molecule has 0 saturated heterocycles. The van der Waals surface area contributed by atoms with Gasteiger partial charge in [-0.25, -0.2) is 0 Å². The fourth-order valence-corrected chi connectivity index (χ4v) is 3.61. The van der Waals surface area contributed by atoms with E-state index in [9.17, 15) is 0 Å². The highest BCUT2D eigenvalue weighted by molar-refractivity contribution is 9.10. The van der Waals surface area contributed by atoms with Gasteiger partial charge in [0.2, 0.25) is 5.71 Å². The van der Waals surface area contributed by atoms with E-state index in [-0.39, 0.29) is 0 Å². The van der Waals surface area contributed by atoms with E-state index in [2.05, 4.69) is 43.7 Å². The zero-order valence-electron chi connectivity index (χ0n) is 12.0. The lowest BCUT2D eigenvalue weighted by Gasteiger charge is -2.06. The van der Waals surface area contributed by atoms with Crippen LogP contribution < -0.4 is 0 Å². The molecular formula is C19H11BrN2O. The van der Waals surface area contributed by atoms with Crippen molar-refractivity contribution < 1.29 is 4.42 Å². The minimum absolute atomic E-state index is 0.731. The van der Waals surface area contributed by atoms with E-state index >= 15 is 0 Å². The molecule has 0 aliphatic heterocycles. The summed E-state index contributed by atoms with van der Waals surface area (Å²) in [4.78, 5) is 4.62. The first-order valence-electron chi connectivity index (χ1n) is 7.35. The zero-order valence-corrected chi connectivity index (χ0v) is 13.6. The molecule has 110 valence electrons.